The maximum atomic E-state index is 13.4. The Labute approximate surface area is 130 Å². The van der Waals surface area contributed by atoms with Crippen LogP contribution in [-0.2, 0) is 0 Å². The second-order valence-electron chi connectivity index (χ2n) is 4.47. The monoisotopic (exact) mass is 357 g/mol. The van der Waals surface area contributed by atoms with E-state index in [2.05, 4.69) is 15.9 Å². The van der Waals surface area contributed by atoms with Gasteiger partial charge < -0.3 is 10.8 Å². The lowest BCUT2D eigenvalue weighted by Crippen LogP contribution is -2.21. The number of aliphatic hydroxyl groups is 1. The van der Waals surface area contributed by atoms with Crippen molar-refractivity contribution in [2.75, 3.05) is 6.54 Å². The third-order valence-electron chi connectivity index (χ3n) is 3.22. The van der Waals surface area contributed by atoms with Crippen molar-refractivity contribution in [1.82, 2.24) is 0 Å². The van der Waals surface area contributed by atoms with E-state index < -0.39 is 17.8 Å². The largest absolute Gasteiger partial charge is 0.388 e. The smallest absolute Gasteiger partial charge is 0.123 e. The van der Waals surface area contributed by atoms with Crippen LogP contribution < -0.4 is 5.73 Å². The minimum Gasteiger partial charge on any atom is -0.388 e. The van der Waals surface area contributed by atoms with Gasteiger partial charge in [-0.15, -0.1) is 0 Å². The van der Waals surface area contributed by atoms with Crippen molar-refractivity contribution in [3.8, 4) is 0 Å². The predicted octanol–water partition coefficient (Wildman–Crippen LogP) is 4.02. The van der Waals surface area contributed by atoms with Crippen LogP contribution in [0.1, 0.15) is 23.1 Å². The fraction of sp³-hybridized carbons (Fsp3) is 0.200. The summed E-state index contributed by atoms with van der Waals surface area (Å²) in [7, 11) is 0. The van der Waals surface area contributed by atoms with Gasteiger partial charge in [0.25, 0.3) is 0 Å². The third-order valence-corrected chi connectivity index (χ3v) is 4.28. The molecule has 2 atom stereocenters. The molecule has 0 aromatic heterocycles. The van der Waals surface area contributed by atoms with Crippen molar-refractivity contribution in [3.05, 3.63) is 68.9 Å². The van der Waals surface area contributed by atoms with Crippen LogP contribution in [0.15, 0.2) is 46.9 Å². The van der Waals surface area contributed by atoms with E-state index in [0.717, 1.165) is 5.56 Å². The first kappa shape index (κ1) is 15.4. The van der Waals surface area contributed by atoms with Crippen LogP contribution in [0, 0.1) is 5.82 Å². The molecule has 0 aliphatic carbocycles. The summed E-state index contributed by atoms with van der Waals surface area (Å²) >= 11 is 9.47. The summed E-state index contributed by atoms with van der Waals surface area (Å²) in [4.78, 5) is 0. The fourth-order valence-electron chi connectivity index (χ4n) is 2.16. The number of hydrogen-bond donors (Lipinski definition) is 2. The molecule has 5 heteroatoms. The van der Waals surface area contributed by atoms with Gasteiger partial charge in [0.05, 0.1) is 6.10 Å². The molecular formula is C15H14BrClFNO. The van der Waals surface area contributed by atoms with Crippen LogP contribution in [0.5, 0.6) is 0 Å². The molecule has 0 bridgehead atoms. The summed E-state index contributed by atoms with van der Waals surface area (Å²) in [6, 6.07) is 11.4. The molecule has 0 saturated heterocycles. The van der Waals surface area contributed by atoms with Crippen molar-refractivity contribution < 1.29 is 9.50 Å². The number of rotatable bonds is 4. The number of hydrogen-bond acceptors (Lipinski definition) is 2. The summed E-state index contributed by atoms with van der Waals surface area (Å²) in [5, 5.41) is 11.1. The number of benzene rings is 2. The molecule has 0 spiro atoms. The van der Waals surface area contributed by atoms with E-state index in [1.54, 1.807) is 12.1 Å². The van der Waals surface area contributed by atoms with E-state index in [1.807, 2.05) is 18.2 Å². The molecular weight excluding hydrogens is 345 g/mol. The van der Waals surface area contributed by atoms with Gasteiger partial charge in [0, 0.05) is 22.0 Å². The zero-order chi connectivity index (χ0) is 14.7. The lowest BCUT2D eigenvalue weighted by Gasteiger charge is -2.24. The molecule has 0 radical (unpaired) electrons. The van der Waals surface area contributed by atoms with E-state index in [4.69, 9.17) is 17.3 Å². The van der Waals surface area contributed by atoms with Gasteiger partial charge in [-0.2, -0.15) is 0 Å². The van der Waals surface area contributed by atoms with Crippen LogP contribution in [0.2, 0.25) is 5.02 Å². The quantitative estimate of drug-likeness (QED) is 0.867. The average Bonchev–Trinajstić information content (AvgIpc) is 2.44. The Morgan fingerprint density at radius 3 is 2.55 bits per heavy atom. The third kappa shape index (κ3) is 3.20. The highest BCUT2D eigenvalue weighted by Crippen LogP contribution is 2.37. The molecule has 0 aliphatic rings. The second kappa shape index (κ2) is 6.68. The Balaban J connectivity index is 2.41. The topological polar surface area (TPSA) is 46.2 Å². The van der Waals surface area contributed by atoms with Gasteiger partial charge in [0.1, 0.15) is 5.82 Å². The van der Waals surface area contributed by atoms with Crippen LogP contribution in [0.4, 0.5) is 4.39 Å². The van der Waals surface area contributed by atoms with Gasteiger partial charge in [0.15, 0.2) is 0 Å². The molecule has 0 saturated carbocycles. The minimum atomic E-state index is -0.940. The molecule has 0 aliphatic heterocycles. The van der Waals surface area contributed by atoms with Gasteiger partial charge in [-0.3, -0.25) is 0 Å². The molecule has 0 fully saturated rings. The van der Waals surface area contributed by atoms with Gasteiger partial charge >= 0.3 is 0 Å². The maximum Gasteiger partial charge on any atom is 0.123 e. The number of nitrogens with two attached hydrogens (primary N) is 1. The summed E-state index contributed by atoms with van der Waals surface area (Å²) in [5.41, 5.74) is 6.98. The van der Waals surface area contributed by atoms with Crippen molar-refractivity contribution >= 4 is 27.5 Å². The van der Waals surface area contributed by atoms with Gasteiger partial charge in [-0.25, -0.2) is 4.39 Å². The molecule has 2 aromatic carbocycles. The molecule has 2 nitrogen and oxygen atoms in total. The van der Waals surface area contributed by atoms with Crippen LogP contribution in [0.25, 0.3) is 0 Å². The summed E-state index contributed by atoms with van der Waals surface area (Å²) in [6.45, 7) is 0.202. The highest BCUT2D eigenvalue weighted by atomic mass is 79.9. The lowest BCUT2D eigenvalue weighted by atomic mass is 9.89. The summed E-state index contributed by atoms with van der Waals surface area (Å²) in [5.74, 6) is -0.806. The van der Waals surface area contributed by atoms with Crippen LogP contribution in [0.3, 0.4) is 0 Å². The van der Waals surface area contributed by atoms with E-state index >= 15 is 0 Å². The van der Waals surface area contributed by atoms with Crippen molar-refractivity contribution in [1.29, 1.82) is 0 Å². The van der Waals surface area contributed by atoms with E-state index in [1.165, 1.54) is 12.1 Å². The maximum absolute atomic E-state index is 13.4. The molecule has 2 aromatic rings. The number of halogens is 3. The highest BCUT2D eigenvalue weighted by molar-refractivity contribution is 9.10. The van der Waals surface area contributed by atoms with Crippen molar-refractivity contribution in [2.45, 2.75) is 12.0 Å². The van der Waals surface area contributed by atoms with E-state index in [9.17, 15) is 9.50 Å². The highest BCUT2D eigenvalue weighted by Gasteiger charge is 2.25. The Morgan fingerprint density at radius 1 is 1.20 bits per heavy atom. The standard InChI is InChI=1S/C15H14BrClFNO/c16-13-6-5-9(18)7-11(13)15(20)12(8-19)10-3-1-2-4-14(10)17/h1-7,12,15,20H,8,19H2. The summed E-state index contributed by atoms with van der Waals surface area (Å²) in [6.07, 6.45) is -0.940. The SMILES string of the molecule is NCC(c1ccccc1Cl)C(O)c1cc(F)ccc1Br. The second-order valence-corrected chi connectivity index (χ2v) is 5.74. The first-order chi connectivity index (χ1) is 9.54. The minimum absolute atomic E-state index is 0.202. The zero-order valence-corrected chi connectivity index (χ0v) is 12.9. The molecule has 0 amide bonds. The van der Waals surface area contributed by atoms with E-state index in [0.29, 0.717) is 15.1 Å². The van der Waals surface area contributed by atoms with Gasteiger partial charge in [-0.1, -0.05) is 45.7 Å². The van der Waals surface area contributed by atoms with Crippen molar-refractivity contribution in [3.63, 3.8) is 0 Å². The van der Waals surface area contributed by atoms with Gasteiger partial charge in [-0.05, 0) is 35.4 Å². The Morgan fingerprint density at radius 2 is 1.90 bits per heavy atom. The number of aliphatic hydroxyl groups excluding tert-OH is 1. The molecule has 20 heavy (non-hydrogen) atoms. The molecule has 3 N–H and O–H groups in total. The van der Waals surface area contributed by atoms with Crippen LogP contribution >= 0.6 is 27.5 Å². The Kier molecular flexibility index (Phi) is 5.16. The molecule has 2 unspecified atom stereocenters. The first-order valence-electron chi connectivity index (χ1n) is 6.12. The first-order valence-corrected chi connectivity index (χ1v) is 7.29. The fourth-order valence-corrected chi connectivity index (χ4v) is 2.92. The van der Waals surface area contributed by atoms with Crippen LogP contribution in [-0.4, -0.2) is 11.7 Å². The normalized spacial score (nSPS) is 14.1. The van der Waals surface area contributed by atoms with Crippen molar-refractivity contribution in [2.24, 2.45) is 5.73 Å². The summed E-state index contributed by atoms with van der Waals surface area (Å²) < 4.78 is 14.0. The average molecular weight is 359 g/mol. The molecule has 0 heterocycles. The van der Waals surface area contributed by atoms with Gasteiger partial charge in [0.2, 0.25) is 0 Å². The zero-order valence-electron chi connectivity index (χ0n) is 10.6. The Bertz CT molecular complexity index is 608. The van der Waals surface area contributed by atoms with E-state index in [-0.39, 0.29) is 6.54 Å². The lowest BCUT2D eigenvalue weighted by molar-refractivity contribution is 0.146. The predicted molar refractivity (Wildman–Crippen MR) is 82.3 cm³/mol. The molecule has 106 valence electrons. The molecule has 2 rings (SSSR count). The Hall–Kier alpha value is -0.940.